The summed E-state index contributed by atoms with van der Waals surface area (Å²) < 4.78 is 1.88. The number of nitrogens with zero attached hydrogens (tertiary/aromatic N) is 3. The van der Waals surface area contributed by atoms with Gasteiger partial charge >= 0.3 is 0 Å². The van der Waals surface area contributed by atoms with Crippen molar-refractivity contribution in [1.82, 2.24) is 14.4 Å². The molecule has 0 aliphatic carbocycles. The van der Waals surface area contributed by atoms with Crippen LogP contribution in [-0.4, -0.2) is 14.4 Å². The van der Waals surface area contributed by atoms with Crippen LogP contribution in [0.3, 0.4) is 0 Å². The normalized spacial score (nSPS) is 10.5. The zero-order chi connectivity index (χ0) is 10.8. The van der Waals surface area contributed by atoms with Gasteiger partial charge in [-0.15, -0.1) is 0 Å². The Bertz CT molecular complexity index is 567. The standard InChI is InChI=1S/C12H10N4/c1-2-5-10(6-3-1)14-11-9-16-8-4-7-13-12(16)15-11/h1-9,14H. The lowest BCUT2D eigenvalue weighted by atomic mass is 10.3. The van der Waals surface area contributed by atoms with Crippen molar-refractivity contribution in [2.75, 3.05) is 5.32 Å². The van der Waals surface area contributed by atoms with Gasteiger partial charge in [0, 0.05) is 18.1 Å². The van der Waals surface area contributed by atoms with Gasteiger partial charge in [0.15, 0.2) is 5.82 Å². The fourth-order valence-electron chi connectivity index (χ4n) is 1.56. The number of aromatic nitrogens is 3. The molecule has 0 saturated heterocycles. The molecule has 0 bridgehead atoms. The molecule has 4 heteroatoms. The van der Waals surface area contributed by atoms with E-state index in [4.69, 9.17) is 0 Å². The van der Waals surface area contributed by atoms with Crippen molar-refractivity contribution in [2.24, 2.45) is 0 Å². The molecule has 3 aromatic rings. The molecule has 0 atom stereocenters. The first-order valence-corrected chi connectivity index (χ1v) is 5.04. The fourth-order valence-corrected chi connectivity index (χ4v) is 1.56. The van der Waals surface area contributed by atoms with E-state index in [1.165, 1.54) is 0 Å². The molecule has 4 nitrogen and oxygen atoms in total. The first-order valence-electron chi connectivity index (χ1n) is 5.04. The Morgan fingerprint density at radius 3 is 2.75 bits per heavy atom. The maximum atomic E-state index is 4.35. The van der Waals surface area contributed by atoms with Crippen LogP contribution in [0.4, 0.5) is 11.5 Å². The van der Waals surface area contributed by atoms with Gasteiger partial charge in [-0.1, -0.05) is 18.2 Å². The average molecular weight is 210 g/mol. The Morgan fingerprint density at radius 1 is 1.06 bits per heavy atom. The zero-order valence-corrected chi connectivity index (χ0v) is 8.54. The van der Waals surface area contributed by atoms with Crippen molar-refractivity contribution in [2.45, 2.75) is 0 Å². The van der Waals surface area contributed by atoms with Crippen molar-refractivity contribution in [3.8, 4) is 0 Å². The van der Waals surface area contributed by atoms with Crippen LogP contribution in [0.1, 0.15) is 0 Å². The number of para-hydroxylation sites is 1. The van der Waals surface area contributed by atoms with Crippen LogP contribution in [0.15, 0.2) is 55.0 Å². The lowest BCUT2D eigenvalue weighted by Crippen LogP contribution is -1.88. The zero-order valence-electron chi connectivity index (χ0n) is 8.54. The van der Waals surface area contributed by atoms with E-state index >= 15 is 0 Å². The first kappa shape index (κ1) is 8.91. The highest BCUT2D eigenvalue weighted by molar-refractivity contribution is 5.57. The molecule has 2 heterocycles. The number of rotatable bonds is 2. The molecule has 0 radical (unpaired) electrons. The molecule has 0 saturated carbocycles. The second kappa shape index (κ2) is 3.66. The average Bonchev–Trinajstić information content (AvgIpc) is 2.72. The molecular formula is C12H10N4. The van der Waals surface area contributed by atoms with Gasteiger partial charge in [-0.2, -0.15) is 4.98 Å². The maximum Gasteiger partial charge on any atom is 0.235 e. The summed E-state index contributed by atoms with van der Waals surface area (Å²) in [7, 11) is 0. The van der Waals surface area contributed by atoms with Crippen molar-refractivity contribution < 1.29 is 0 Å². The number of benzene rings is 1. The van der Waals surface area contributed by atoms with Gasteiger partial charge < -0.3 is 5.32 Å². The molecule has 16 heavy (non-hydrogen) atoms. The molecule has 78 valence electrons. The molecule has 0 aliphatic heterocycles. The third-order valence-electron chi connectivity index (χ3n) is 2.28. The van der Waals surface area contributed by atoms with Gasteiger partial charge in [0.1, 0.15) is 0 Å². The summed E-state index contributed by atoms with van der Waals surface area (Å²) in [6.45, 7) is 0. The minimum Gasteiger partial charge on any atom is -0.339 e. The SMILES string of the molecule is c1ccc(Nc2cn3cccnc3n2)cc1. The van der Waals surface area contributed by atoms with Gasteiger partial charge in [0.2, 0.25) is 5.78 Å². The third kappa shape index (κ3) is 1.61. The highest BCUT2D eigenvalue weighted by Crippen LogP contribution is 2.14. The summed E-state index contributed by atoms with van der Waals surface area (Å²) in [5.41, 5.74) is 1.02. The second-order valence-corrected chi connectivity index (χ2v) is 3.44. The van der Waals surface area contributed by atoms with E-state index in [0.29, 0.717) is 5.78 Å². The second-order valence-electron chi connectivity index (χ2n) is 3.44. The topological polar surface area (TPSA) is 42.2 Å². The van der Waals surface area contributed by atoms with Crippen molar-refractivity contribution >= 4 is 17.3 Å². The molecule has 1 N–H and O–H groups in total. The van der Waals surface area contributed by atoms with Crippen LogP contribution >= 0.6 is 0 Å². The van der Waals surface area contributed by atoms with Crippen LogP contribution in [0.25, 0.3) is 5.78 Å². The Labute approximate surface area is 92.6 Å². The predicted molar refractivity (Wildman–Crippen MR) is 62.7 cm³/mol. The molecule has 0 fully saturated rings. The number of fused-ring (bicyclic) bond motifs is 1. The number of imidazole rings is 1. The molecule has 0 unspecified atom stereocenters. The molecule has 3 rings (SSSR count). The monoisotopic (exact) mass is 210 g/mol. The van der Waals surface area contributed by atoms with E-state index in [1.807, 2.05) is 53.2 Å². The van der Waals surface area contributed by atoms with Crippen LogP contribution in [-0.2, 0) is 0 Å². The van der Waals surface area contributed by atoms with Crippen LogP contribution in [0.5, 0.6) is 0 Å². The Kier molecular flexibility index (Phi) is 2.04. The molecule has 0 aliphatic rings. The number of hydrogen-bond acceptors (Lipinski definition) is 3. The molecule has 0 spiro atoms. The van der Waals surface area contributed by atoms with Gasteiger partial charge in [-0.05, 0) is 18.2 Å². The van der Waals surface area contributed by atoms with Crippen LogP contribution in [0.2, 0.25) is 0 Å². The van der Waals surface area contributed by atoms with E-state index in [0.717, 1.165) is 11.5 Å². The summed E-state index contributed by atoms with van der Waals surface area (Å²) in [4.78, 5) is 8.50. The summed E-state index contributed by atoms with van der Waals surface area (Å²) in [5.74, 6) is 1.49. The number of anilines is 2. The largest absolute Gasteiger partial charge is 0.339 e. The van der Waals surface area contributed by atoms with E-state index in [1.54, 1.807) is 6.20 Å². The molecular weight excluding hydrogens is 200 g/mol. The Balaban J connectivity index is 1.95. The van der Waals surface area contributed by atoms with E-state index < -0.39 is 0 Å². The maximum absolute atomic E-state index is 4.35. The highest BCUT2D eigenvalue weighted by Gasteiger charge is 2.00. The van der Waals surface area contributed by atoms with Crippen LogP contribution < -0.4 is 5.32 Å². The van der Waals surface area contributed by atoms with E-state index in [9.17, 15) is 0 Å². The van der Waals surface area contributed by atoms with Crippen molar-refractivity contribution in [1.29, 1.82) is 0 Å². The summed E-state index contributed by atoms with van der Waals surface area (Å²) in [6, 6.07) is 11.8. The molecule has 1 aromatic carbocycles. The minimum absolute atomic E-state index is 0.695. The number of hydrogen-bond donors (Lipinski definition) is 1. The van der Waals surface area contributed by atoms with Gasteiger partial charge in [-0.25, -0.2) is 4.98 Å². The summed E-state index contributed by atoms with van der Waals surface area (Å²) in [5, 5.41) is 3.22. The smallest absolute Gasteiger partial charge is 0.235 e. The lowest BCUT2D eigenvalue weighted by molar-refractivity contribution is 1.11. The lowest BCUT2D eigenvalue weighted by Gasteiger charge is -2.00. The minimum atomic E-state index is 0.695. The summed E-state index contributed by atoms with van der Waals surface area (Å²) >= 11 is 0. The summed E-state index contributed by atoms with van der Waals surface area (Å²) in [6.07, 6.45) is 5.56. The third-order valence-corrected chi connectivity index (χ3v) is 2.28. The number of nitrogens with one attached hydrogen (secondary N) is 1. The highest BCUT2D eigenvalue weighted by atomic mass is 15.1. The van der Waals surface area contributed by atoms with Crippen LogP contribution in [0, 0.1) is 0 Å². The molecule has 0 amide bonds. The van der Waals surface area contributed by atoms with E-state index in [2.05, 4.69) is 15.3 Å². The van der Waals surface area contributed by atoms with Gasteiger partial charge in [0.05, 0.1) is 6.20 Å². The predicted octanol–water partition coefficient (Wildman–Crippen LogP) is 2.47. The molecule has 2 aromatic heterocycles. The fraction of sp³-hybridized carbons (Fsp3) is 0. The van der Waals surface area contributed by atoms with E-state index in [-0.39, 0.29) is 0 Å². The Morgan fingerprint density at radius 2 is 1.94 bits per heavy atom. The van der Waals surface area contributed by atoms with Crippen molar-refractivity contribution in [3.05, 3.63) is 55.0 Å². The van der Waals surface area contributed by atoms with Gasteiger partial charge in [0.25, 0.3) is 0 Å². The van der Waals surface area contributed by atoms with Gasteiger partial charge in [-0.3, -0.25) is 4.40 Å². The quantitative estimate of drug-likeness (QED) is 0.706. The first-order chi connectivity index (χ1) is 7.92. The Hall–Kier alpha value is -2.36. The van der Waals surface area contributed by atoms with Crippen molar-refractivity contribution in [3.63, 3.8) is 0 Å².